The molecule has 0 fully saturated rings. The van der Waals surface area contributed by atoms with Crippen LogP contribution in [0.4, 0.5) is 0 Å². The summed E-state index contributed by atoms with van der Waals surface area (Å²) in [6, 6.07) is 4.23. The minimum absolute atomic E-state index is 0.111. The Balaban J connectivity index is 2.96. The number of halogens is 1. The molecule has 0 aliphatic carbocycles. The minimum atomic E-state index is -1.46. The molecule has 0 aliphatic rings. The van der Waals surface area contributed by atoms with Gasteiger partial charge in [-0.2, -0.15) is 0 Å². The summed E-state index contributed by atoms with van der Waals surface area (Å²) in [5, 5.41) is 27.9. The number of carboxylic acids is 1. The summed E-state index contributed by atoms with van der Waals surface area (Å²) < 4.78 is 0. The Kier molecular flexibility index (Phi) is 4.84. The van der Waals surface area contributed by atoms with E-state index >= 15 is 0 Å². The molecule has 0 spiro atoms. The molecule has 0 radical (unpaired) electrons. The fourth-order valence-electron chi connectivity index (χ4n) is 1.48. The lowest BCUT2D eigenvalue weighted by atomic mass is 10.00. The third kappa shape index (κ3) is 3.53. The zero-order valence-corrected chi connectivity index (χ0v) is 10.4. The number of aliphatic hydroxyl groups is 2. The van der Waals surface area contributed by atoms with Gasteiger partial charge in [-0.3, -0.25) is 9.59 Å². The molecule has 1 aromatic rings. The van der Waals surface area contributed by atoms with Crippen molar-refractivity contribution in [1.82, 2.24) is 0 Å². The Bertz CT molecular complexity index is 472. The van der Waals surface area contributed by atoms with E-state index < -0.39 is 24.6 Å². The van der Waals surface area contributed by atoms with E-state index in [2.05, 4.69) is 0 Å². The normalized spacial score (nSPS) is 14.0. The van der Waals surface area contributed by atoms with Crippen molar-refractivity contribution >= 4 is 23.4 Å². The molecule has 0 aliphatic heterocycles. The zero-order valence-electron chi connectivity index (χ0n) is 9.63. The molecule has 3 N–H and O–H groups in total. The predicted molar refractivity (Wildman–Crippen MR) is 64.7 cm³/mol. The van der Waals surface area contributed by atoms with Gasteiger partial charge in [0.15, 0.2) is 5.78 Å². The van der Waals surface area contributed by atoms with Crippen LogP contribution < -0.4 is 0 Å². The summed E-state index contributed by atoms with van der Waals surface area (Å²) >= 11 is 5.88. The fraction of sp³-hybridized carbons (Fsp3) is 0.333. The Morgan fingerprint density at radius 3 is 2.39 bits per heavy atom. The molecule has 0 saturated carbocycles. The summed E-state index contributed by atoms with van der Waals surface area (Å²) in [5.41, 5.74) is 0.569. The van der Waals surface area contributed by atoms with Crippen LogP contribution in [0.2, 0.25) is 5.02 Å². The number of aliphatic hydroxyl groups excluding tert-OH is 2. The number of carboxylic acid groups (broad SMARTS) is 1. The summed E-state index contributed by atoms with van der Waals surface area (Å²) in [7, 11) is 0. The topological polar surface area (TPSA) is 94.8 Å². The molecule has 2 atom stereocenters. The Hall–Kier alpha value is -1.43. The Morgan fingerprint density at radius 2 is 1.94 bits per heavy atom. The molecule has 5 nitrogen and oxygen atoms in total. The molecule has 0 aromatic heterocycles. The van der Waals surface area contributed by atoms with E-state index in [9.17, 15) is 19.8 Å². The summed E-state index contributed by atoms with van der Waals surface area (Å²) in [6.07, 6.45) is -3.45. The van der Waals surface area contributed by atoms with Crippen molar-refractivity contribution in [2.24, 2.45) is 0 Å². The number of benzene rings is 1. The van der Waals surface area contributed by atoms with Crippen LogP contribution in [0.3, 0.4) is 0 Å². The number of hydrogen-bond acceptors (Lipinski definition) is 4. The van der Waals surface area contributed by atoms with Crippen LogP contribution in [0.15, 0.2) is 18.2 Å². The number of carbonyl (C=O) groups excluding carboxylic acids is 1. The van der Waals surface area contributed by atoms with Crippen LogP contribution in [-0.2, 0) is 4.79 Å². The molecular weight excluding hydrogens is 260 g/mol. The fourth-order valence-corrected chi connectivity index (χ4v) is 1.78. The first-order chi connectivity index (χ1) is 8.32. The largest absolute Gasteiger partial charge is 0.481 e. The Morgan fingerprint density at radius 1 is 1.33 bits per heavy atom. The summed E-state index contributed by atoms with van der Waals surface area (Å²) in [6.45, 7) is 1.38. The van der Waals surface area contributed by atoms with Crippen molar-refractivity contribution in [3.8, 4) is 0 Å². The van der Waals surface area contributed by atoms with E-state index in [-0.39, 0.29) is 16.4 Å². The zero-order chi connectivity index (χ0) is 13.9. The SMILES string of the molecule is CC(=O)c1ccc(C(O)C(O)CC(=O)O)c(Cl)c1. The average molecular weight is 273 g/mol. The van der Waals surface area contributed by atoms with Crippen molar-refractivity contribution in [1.29, 1.82) is 0 Å². The quantitative estimate of drug-likeness (QED) is 0.705. The molecule has 1 rings (SSSR count). The third-order valence-electron chi connectivity index (χ3n) is 2.47. The molecular formula is C12H13ClO5. The van der Waals surface area contributed by atoms with Gasteiger partial charge in [0, 0.05) is 16.1 Å². The number of aliphatic carboxylic acids is 1. The maximum absolute atomic E-state index is 11.1. The smallest absolute Gasteiger partial charge is 0.306 e. The van der Waals surface area contributed by atoms with Gasteiger partial charge in [0.2, 0.25) is 0 Å². The number of rotatable bonds is 5. The second-order valence-electron chi connectivity index (χ2n) is 3.90. The molecule has 0 heterocycles. The number of ketones is 1. The molecule has 6 heteroatoms. The summed E-state index contributed by atoms with van der Waals surface area (Å²) in [5.74, 6) is -1.40. The summed E-state index contributed by atoms with van der Waals surface area (Å²) in [4.78, 5) is 21.5. The lowest BCUT2D eigenvalue weighted by Gasteiger charge is -2.18. The second-order valence-corrected chi connectivity index (χ2v) is 4.31. The van der Waals surface area contributed by atoms with Gasteiger partial charge in [-0.15, -0.1) is 0 Å². The highest BCUT2D eigenvalue weighted by atomic mass is 35.5. The van der Waals surface area contributed by atoms with Gasteiger partial charge in [0.05, 0.1) is 12.5 Å². The highest BCUT2D eigenvalue weighted by Gasteiger charge is 2.23. The second kappa shape index (κ2) is 5.95. The Labute approximate surface area is 109 Å². The van der Waals surface area contributed by atoms with Gasteiger partial charge >= 0.3 is 5.97 Å². The maximum atomic E-state index is 11.1. The van der Waals surface area contributed by atoms with E-state index in [4.69, 9.17) is 16.7 Å². The van der Waals surface area contributed by atoms with Crippen LogP contribution in [0, 0.1) is 0 Å². The van der Waals surface area contributed by atoms with Gasteiger partial charge in [-0.1, -0.05) is 23.7 Å². The van der Waals surface area contributed by atoms with E-state index in [0.29, 0.717) is 5.56 Å². The van der Waals surface area contributed by atoms with Crippen molar-refractivity contribution in [2.45, 2.75) is 25.6 Å². The van der Waals surface area contributed by atoms with Crippen molar-refractivity contribution < 1.29 is 24.9 Å². The first-order valence-electron chi connectivity index (χ1n) is 5.21. The van der Waals surface area contributed by atoms with Gasteiger partial charge in [0.1, 0.15) is 6.10 Å². The molecule has 0 amide bonds. The molecule has 2 unspecified atom stereocenters. The lowest BCUT2D eigenvalue weighted by Crippen LogP contribution is -2.22. The highest BCUT2D eigenvalue weighted by molar-refractivity contribution is 6.31. The van der Waals surface area contributed by atoms with Gasteiger partial charge in [0.25, 0.3) is 0 Å². The van der Waals surface area contributed by atoms with Gasteiger partial charge in [-0.25, -0.2) is 0 Å². The molecule has 0 bridgehead atoms. The first-order valence-corrected chi connectivity index (χ1v) is 5.59. The third-order valence-corrected chi connectivity index (χ3v) is 2.80. The molecule has 0 saturated heterocycles. The average Bonchev–Trinajstić information content (AvgIpc) is 2.26. The van der Waals surface area contributed by atoms with Crippen molar-refractivity contribution in [3.05, 3.63) is 34.3 Å². The van der Waals surface area contributed by atoms with E-state index in [1.54, 1.807) is 0 Å². The number of carbonyl (C=O) groups is 2. The predicted octanol–water partition coefficient (Wildman–Crippen LogP) is 1.41. The van der Waals surface area contributed by atoms with E-state index in [1.165, 1.54) is 25.1 Å². The molecule has 1 aromatic carbocycles. The lowest BCUT2D eigenvalue weighted by molar-refractivity contribution is -0.141. The van der Waals surface area contributed by atoms with E-state index in [1.807, 2.05) is 0 Å². The standard InChI is InChI=1S/C12H13ClO5/c1-6(14)7-2-3-8(9(13)4-7)12(18)10(15)5-11(16)17/h2-4,10,12,15,18H,5H2,1H3,(H,16,17). The first kappa shape index (κ1) is 14.6. The van der Waals surface area contributed by atoms with Crippen molar-refractivity contribution in [2.75, 3.05) is 0 Å². The number of hydrogen-bond donors (Lipinski definition) is 3. The van der Waals surface area contributed by atoms with Crippen LogP contribution in [0.25, 0.3) is 0 Å². The monoisotopic (exact) mass is 272 g/mol. The van der Waals surface area contributed by atoms with E-state index in [0.717, 1.165) is 0 Å². The van der Waals surface area contributed by atoms with Crippen LogP contribution in [0.1, 0.15) is 35.4 Å². The highest BCUT2D eigenvalue weighted by Crippen LogP contribution is 2.27. The maximum Gasteiger partial charge on any atom is 0.306 e. The van der Waals surface area contributed by atoms with Crippen molar-refractivity contribution in [3.63, 3.8) is 0 Å². The van der Waals surface area contributed by atoms with Gasteiger partial charge in [-0.05, 0) is 13.0 Å². The van der Waals surface area contributed by atoms with Crippen LogP contribution in [0.5, 0.6) is 0 Å². The number of Topliss-reactive ketones (excluding diaryl/α,β-unsaturated/α-hetero) is 1. The molecule has 18 heavy (non-hydrogen) atoms. The van der Waals surface area contributed by atoms with Crippen LogP contribution >= 0.6 is 11.6 Å². The minimum Gasteiger partial charge on any atom is -0.481 e. The van der Waals surface area contributed by atoms with Crippen LogP contribution in [-0.4, -0.2) is 33.2 Å². The molecule has 98 valence electrons. The van der Waals surface area contributed by atoms with Gasteiger partial charge < -0.3 is 15.3 Å².